The van der Waals surface area contributed by atoms with E-state index in [1.54, 1.807) is 44.6 Å². The number of aromatic hydroxyl groups is 1. The van der Waals surface area contributed by atoms with E-state index in [1.807, 2.05) is 41.3 Å². The van der Waals surface area contributed by atoms with Gasteiger partial charge in [-0.3, -0.25) is 14.4 Å². The van der Waals surface area contributed by atoms with Gasteiger partial charge in [-0.15, -0.1) is 0 Å². The van der Waals surface area contributed by atoms with Crippen molar-refractivity contribution in [3.8, 4) is 34.5 Å². The topological polar surface area (TPSA) is 124 Å². The molecule has 47 heavy (non-hydrogen) atoms. The van der Waals surface area contributed by atoms with Gasteiger partial charge in [-0.05, 0) is 96.3 Å². The standard InChI is InChI=1S/C37H36N2O8/c1-44-26-7-4-23(5-8-26)31(40)13-15-35(42)39-18-16-24-20-27-9-11-29(24)36(39)25-6-14-33(45-2)34(21-25)46-19-3-17-38-37(43)30-22-28(47-27)10-12-32(30)41/h4-12,14,20-22,36,41H,3,13,15-19H2,1-2H3,(H,38,43). The lowest BCUT2D eigenvalue weighted by Crippen LogP contribution is -2.40. The van der Waals surface area contributed by atoms with Crippen LogP contribution >= 0.6 is 0 Å². The van der Waals surface area contributed by atoms with E-state index >= 15 is 0 Å². The van der Waals surface area contributed by atoms with Gasteiger partial charge in [0.2, 0.25) is 5.91 Å². The Balaban J connectivity index is 1.34. The van der Waals surface area contributed by atoms with Crippen molar-refractivity contribution in [2.75, 3.05) is 33.9 Å². The molecule has 242 valence electrons. The first-order chi connectivity index (χ1) is 22.8. The highest BCUT2D eigenvalue weighted by molar-refractivity contribution is 5.98. The van der Waals surface area contributed by atoms with Gasteiger partial charge >= 0.3 is 0 Å². The summed E-state index contributed by atoms with van der Waals surface area (Å²) in [5.41, 5.74) is 3.41. The van der Waals surface area contributed by atoms with Gasteiger partial charge in [-0.2, -0.15) is 0 Å². The van der Waals surface area contributed by atoms with Crippen LogP contribution in [0.4, 0.5) is 0 Å². The van der Waals surface area contributed by atoms with E-state index in [-0.39, 0.29) is 42.5 Å². The number of rotatable bonds is 6. The number of phenolic OH excluding ortho intramolecular Hbond substituents is 1. The quantitative estimate of drug-likeness (QED) is 0.253. The minimum absolute atomic E-state index is 0.0618. The summed E-state index contributed by atoms with van der Waals surface area (Å²) in [6.45, 7) is 1.04. The van der Waals surface area contributed by atoms with Crippen LogP contribution in [0, 0.1) is 0 Å². The molecule has 0 spiro atoms. The maximum absolute atomic E-state index is 13.9. The van der Waals surface area contributed by atoms with Crippen LogP contribution in [0.3, 0.4) is 0 Å². The predicted octanol–water partition coefficient (Wildman–Crippen LogP) is 5.85. The Morgan fingerprint density at radius 3 is 2.51 bits per heavy atom. The van der Waals surface area contributed by atoms with Crippen LogP contribution in [0.1, 0.15) is 62.7 Å². The van der Waals surface area contributed by atoms with Gasteiger partial charge in [0.1, 0.15) is 23.0 Å². The summed E-state index contributed by atoms with van der Waals surface area (Å²) in [7, 11) is 3.13. The number of Topliss-reactive ketones (excluding diaryl/α,β-unsaturated/α-hetero) is 1. The summed E-state index contributed by atoms with van der Waals surface area (Å²) in [5.74, 6) is 1.87. The average molecular weight is 637 g/mol. The second-order valence-corrected chi connectivity index (χ2v) is 11.4. The van der Waals surface area contributed by atoms with Crippen molar-refractivity contribution >= 4 is 17.6 Å². The Hall–Kier alpha value is -5.51. The number of hydrogen-bond donors (Lipinski definition) is 2. The molecule has 8 bridgehead atoms. The number of amides is 2. The normalized spacial score (nSPS) is 15.7. The number of nitrogens with one attached hydrogen (secondary N) is 1. The monoisotopic (exact) mass is 636 g/mol. The molecule has 0 fully saturated rings. The SMILES string of the molecule is COc1ccc(C(=O)CCC(=O)N2CCc3cc4ccc3C2c2ccc(OC)c(c2)OCCCNC(=O)c2cc(ccc2O)O4)cc1. The fourth-order valence-electron chi connectivity index (χ4n) is 6.00. The molecule has 3 aliphatic rings. The summed E-state index contributed by atoms with van der Waals surface area (Å²) in [4.78, 5) is 41.5. The molecule has 4 aromatic rings. The molecule has 0 radical (unpaired) electrons. The molecule has 1 unspecified atom stereocenters. The van der Waals surface area contributed by atoms with Crippen LogP contribution in [0.5, 0.6) is 34.5 Å². The minimum Gasteiger partial charge on any atom is -0.507 e. The lowest BCUT2D eigenvalue weighted by molar-refractivity contribution is -0.133. The van der Waals surface area contributed by atoms with E-state index in [1.165, 1.54) is 12.1 Å². The van der Waals surface area contributed by atoms with Gasteiger partial charge in [-0.1, -0.05) is 12.1 Å². The Kier molecular flexibility index (Phi) is 9.28. The molecule has 7 rings (SSSR count). The summed E-state index contributed by atoms with van der Waals surface area (Å²) in [6.07, 6.45) is 1.21. The number of benzene rings is 4. The van der Waals surface area contributed by atoms with Crippen LogP contribution in [0.2, 0.25) is 0 Å². The smallest absolute Gasteiger partial charge is 0.255 e. The number of hydrogen-bond acceptors (Lipinski definition) is 8. The summed E-state index contributed by atoms with van der Waals surface area (Å²) in [6, 6.07) is 22.3. The van der Waals surface area contributed by atoms with E-state index in [0.717, 1.165) is 16.7 Å². The lowest BCUT2D eigenvalue weighted by atomic mass is 9.87. The number of ketones is 1. The fourth-order valence-corrected chi connectivity index (χ4v) is 6.00. The largest absolute Gasteiger partial charge is 0.507 e. The van der Waals surface area contributed by atoms with Crippen LogP contribution < -0.4 is 24.3 Å². The van der Waals surface area contributed by atoms with E-state index in [2.05, 4.69) is 5.32 Å². The van der Waals surface area contributed by atoms with Gasteiger partial charge in [0, 0.05) is 31.5 Å². The van der Waals surface area contributed by atoms with E-state index < -0.39 is 11.9 Å². The van der Waals surface area contributed by atoms with E-state index in [9.17, 15) is 19.5 Å². The highest BCUT2D eigenvalue weighted by atomic mass is 16.5. The van der Waals surface area contributed by atoms with Crippen LogP contribution in [-0.4, -0.2) is 61.5 Å². The highest BCUT2D eigenvalue weighted by Gasteiger charge is 2.33. The van der Waals surface area contributed by atoms with Crippen molar-refractivity contribution in [3.63, 3.8) is 0 Å². The van der Waals surface area contributed by atoms with Crippen molar-refractivity contribution in [1.82, 2.24) is 10.2 Å². The summed E-state index contributed by atoms with van der Waals surface area (Å²) < 4.78 is 23.0. The molecule has 0 saturated heterocycles. The number of phenols is 1. The van der Waals surface area contributed by atoms with Crippen molar-refractivity contribution < 1.29 is 38.4 Å². The first-order valence-electron chi connectivity index (χ1n) is 15.5. The number of carbonyl (C=O) groups excluding carboxylic acids is 3. The maximum Gasteiger partial charge on any atom is 0.255 e. The molecule has 0 aliphatic carbocycles. The molecule has 3 heterocycles. The van der Waals surface area contributed by atoms with Gasteiger partial charge in [-0.25, -0.2) is 0 Å². The minimum atomic E-state index is -0.442. The molecule has 0 saturated carbocycles. The average Bonchev–Trinajstić information content (AvgIpc) is 3.10. The molecule has 10 nitrogen and oxygen atoms in total. The Morgan fingerprint density at radius 2 is 1.72 bits per heavy atom. The van der Waals surface area contributed by atoms with Crippen molar-refractivity contribution in [2.24, 2.45) is 0 Å². The lowest BCUT2D eigenvalue weighted by Gasteiger charge is -2.38. The number of ether oxygens (including phenoxy) is 4. The number of methoxy groups -OCH3 is 2. The fraction of sp³-hybridized carbons (Fsp3) is 0.270. The van der Waals surface area contributed by atoms with E-state index in [4.69, 9.17) is 18.9 Å². The third kappa shape index (κ3) is 6.86. The van der Waals surface area contributed by atoms with Crippen molar-refractivity contribution in [3.05, 3.63) is 107 Å². The summed E-state index contributed by atoms with van der Waals surface area (Å²) >= 11 is 0. The Bertz CT molecular complexity index is 1800. The Labute approximate surface area is 272 Å². The van der Waals surface area contributed by atoms with Gasteiger partial charge in [0.25, 0.3) is 5.91 Å². The second-order valence-electron chi connectivity index (χ2n) is 11.4. The zero-order chi connectivity index (χ0) is 32.9. The van der Waals surface area contributed by atoms with Crippen LogP contribution in [0.15, 0.2) is 78.9 Å². The molecule has 3 aliphatic heterocycles. The molecular weight excluding hydrogens is 600 g/mol. The summed E-state index contributed by atoms with van der Waals surface area (Å²) in [5, 5.41) is 13.2. The zero-order valence-corrected chi connectivity index (χ0v) is 26.3. The molecule has 1 atom stereocenters. The number of carbonyl (C=O) groups is 3. The first kappa shape index (κ1) is 31.5. The van der Waals surface area contributed by atoms with Crippen molar-refractivity contribution in [1.29, 1.82) is 0 Å². The number of fused-ring (bicyclic) bond motifs is 6. The highest BCUT2D eigenvalue weighted by Crippen LogP contribution is 2.41. The van der Waals surface area contributed by atoms with Gasteiger partial charge in [0.15, 0.2) is 17.3 Å². The van der Waals surface area contributed by atoms with Gasteiger partial charge in [0.05, 0.1) is 32.4 Å². The van der Waals surface area contributed by atoms with Crippen molar-refractivity contribution in [2.45, 2.75) is 31.7 Å². The first-order valence-corrected chi connectivity index (χ1v) is 15.5. The van der Waals surface area contributed by atoms with Crippen LogP contribution in [-0.2, 0) is 11.2 Å². The Morgan fingerprint density at radius 1 is 0.936 bits per heavy atom. The van der Waals surface area contributed by atoms with E-state index in [0.29, 0.717) is 60.2 Å². The third-order valence-corrected chi connectivity index (χ3v) is 8.46. The molecule has 2 N–H and O–H groups in total. The zero-order valence-electron chi connectivity index (χ0n) is 26.3. The van der Waals surface area contributed by atoms with Gasteiger partial charge < -0.3 is 34.3 Å². The molecule has 2 amide bonds. The third-order valence-electron chi connectivity index (χ3n) is 8.46. The maximum atomic E-state index is 13.9. The second kappa shape index (κ2) is 13.9. The number of nitrogens with zero attached hydrogens (tertiary/aromatic N) is 1. The molecule has 10 heteroatoms. The predicted molar refractivity (Wildman–Crippen MR) is 174 cm³/mol. The molecule has 4 aromatic carbocycles. The van der Waals surface area contributed by atoms with Crippen LogP contribution in [0.25, 0.3) is 0 Å². The molecule has 0 aromatic heterocycles. The molecular formula is C37H36N2O8.